The van der Waals surface area contributed by atoms with Gasteiger partial charge in [0.1, 0.15) is 17.1 Å². The lowest BCUT2D eigenvalue weighted by Gasteiger charge is -2.21. The quantitative estimate of drug-likeness (QED) is 0.790. The third-order valence-electron chi connectivity index (χ3n) is 4.69. The van der Waals surface area contributed by atoms with Gasteiger partial charge in [-0.15, -0.1) is 0 Å². The van der Waals surface area contributed by atoms with E-state index in [1.54, 1.807) is 13.3 Å². The number of imidazole rings is 1. The van der Waals surface area contributed by atoms with Gasteiger partial charge in [0, 0.05) is 12.0 Å². The molecule has 1 aliphatic rings. The first kappa shape index (κ1) is 13.4. The van der Waals surface area contributed by atoms with Gasteiger partial charge in [-0.05, 0) is 25.0 Å². The molecule has 0 bridgehead atoms. The first-order valence-corrected chi connectivity index (χ1v) is 7.85. The highest BCUT2D eigenvalue weighted by Crippen LogP contribution is 2.33. The van der Waals surface area contributed by atoms with E-state index in [4.69, 9.17) is 4.74 Å². The molecular weight excluding hydrogens is 278 g/mol. The van der Waals surface area contributed by atoms with Crippen LogP contribution in [0.25, 0.3) is 16.6 Å². The van der Waals surface area contributed by atoms with Crippen molar-refractivity contribution in [3.8, 4) is 5.75 Å². The summed E-state index contributed by atoms with van der Waals surface area (Å²) in [5, 5.41) is 0. The van der Waals surface area contributed by atoms with Gasteiger partial charge < -0.3 is 9.72 Å². The Kier molecular flexibility index (Phi) is 3.13. The lowest BCUT2D eigenvalue weighted by Crippen LogP contribution is -2.14. The number of nitrogens with zero attached hydrogens (tertiary/aromatic N) is 2. The Hall–Kier alpha value is -2.30. The summed E-state index contributed by atoms with van der Waals surface area (Å²) in [4.78, 5) is 19.8. The van der Waals surface area contributed by atoms with Crippen LogP contribution in [0.5, 0.6) is 5.75 Å². The van der Waals surface area contributed by atoms with E-state index >= 15 is 0 Å². The van der Waals surface area contributed by atoms with Crippen LogP contribution in [0.4, 0.5) is 0 Å². The van der Waals surface area contributed by atoms with E-state index in [0.717, 1.165) is 35.4 Å². The van der Waals surface area contributed by atoms with E-state index in [0.29, 0.717) is 11.4 Å². The van der Waals surface area contributed by atoms with E-state index in [1.807, 2.05) is 22.6 Å². The molecule has 1 fully saturated rings. The fourth-order valence-corrected chi connectivity index (χ4v) is 3.54. The number of nitrogens with one attached hydrogen (secondary N) is 1. The zero-order valence-electron chi connectivity index (χ0n) is 12.6. The molecule has 1 aromatic carbocycles. The van der Waals surface area contributed by atoms with E-state index in [1.165, 1.54) is 19.3 Å². The number of rotatable bonds is 2. The van der Waals surface area contributed by atoms with Crippen LogP contribution in [0.3, 0.4) is 0 Å². The Bertz CT molecular complexity index is 888. The number of benzene rings is 1. The van der Waals surface area contributed by atoms with Gasteiger partial charge in [0.2, 0.25) is 0 Å². The first-order chi connectivity index (χ1) is 10.8. The van der Waals surface area contributed by atoms with E-state index in [-0.39, 0.29) is 5.56 Å². The number of aromatic amines is 1. The van der Waals surface area contributed by atoms with Crippen molar-refractivity contribution < 1.29 is 4.74 Å². The van der Waals surface area contributed by atoms with Crippen LogP contribution < -0.4 is 10.3 Å². The van der Waals surface area contributed by atoms with Gasteiger partial charge in [-0.2, -0.15) is 0 Å². The highest BCUT2D eigenvalue weighted by Gasteiger charge is 2.22. The minimum Gasteiger partial charge on any atom is -0.497 e. The molecule has 1 aliphatic carbocycles. The number of H-pyrrole nitrogens is 1. The fourth-order valence-electron chi connectivity index (χ4n) is 3.54. The summed E-state index contributed by atoms with van der Waals surface area (Å²) in [5.41, 5.74) is 2.29. The molecule has 3 aromatic rings. The van der Waals surface area contributed by atoms with Crippen LogP contribution in [0.1, 0.15) is 43.8 Å². The van der Waals surface area contributed by atoms with Crippen LogP contribution in [-0.2, 0) is 0 Å². The minimum absolute atomic E-state index is 0.0905. The first-order valence-electron chi connectivity index (χ1n) is 7.85. The van der Waals surface area contributed by atoms with Crippen molar-refractivity contribution in [2.45, 2.75) is 38.0 Å². The molecule has 0 atom stereocenters. The maximum Gasteiger partial charge on any atom is 0.274 e. The zero-order valence-corrected chi connectivity index (χ0v) is 12.6. The standard InChI is InChI=1S/C17H19N3O2/c1-22-12-7-8-13-14(9-12)20-15(17(21)19-13)10-18-16(20)11-5-3-2-4-6-11/h7-11H,2-6H2,1H3,(H,19,21). The summed E-state index contributed by atoms with van der Waals surface area (Å²) >= 11 is 0. The molecule has 0 unspecified atom stereocenters. The van der Waals surface area contributed by atoms with Crippen molar-refractivity contribution >= 4 is 16.6 Å². The number of fused-ring (bicyclic) bond motifs is 3. The Labute approximate surface area is 127 Å². The normalized spacial score (nSPS) is 16.4. The van der Waals surface area contributed by atoms with Gasteiger partial charge in [-0.3, -0.25) is 9.20 Å². The van der Waals surface area contributed by atoms with Gasteiger partial charge in [-0.1, -0.05) is 19.3 Å². The SMILES string of the molecule is COc1ccc2[nH]c(=O)c3cnc(C4CCCCC4)n3c2c1. The van der Waals surface area contributed by atoms with Crippen molar-refractivity contribution in [2.24, 2.45) is 0 Å². The topological polar surface area (TPSA) is 59.4 Å². The number of aromatic nitrogens is 3. The number of ether oxygens (including phenoxy) is 1. The minimum atomic E-state index is -0.0905. The van der Waals surface area contributed by atoms with Crippen LogP contribution in [0.2, 0.25) is 0 Å². The van der Waals surface area contributed by atoms with E-state index in [2.05, 4.69) is 9.97 Å². The molecule has 5 heteroatoms. The average Bonchev–Trinajstić information content (AvgIpc) is 3.01. The van der Waals surface area contributed by atoms with Crippen molar-refractivity contribution in [3.63, 3.8) is 0 Å². The second-order valence-corrected chi connectivity index (χ2v) is 6.01. The third kappa shape index (κ3) is 2.00. The lowest BCUT2D eigenvalue weighted by molar-refractivity contribution is 0.415. The van der Waals surface area contributed by atoms with Crippen LogP contribution >= 0.6 is 0 Å². The Balaban J connectivity index is 2.03. The fraction of sp³-hybridized carbons (Fsp3) is 0.412. The van der Waals surface area contributed by atoms with Gasteiger partial charge in [0.15, 0.2) is 0 Å². The number of methoxy groups -OCH3 is 1. The molecule has 4 rings (SSSR count). The van der Waals surface area contributed by atoms with Crippen molar-refractivity contribution in [1.29, 1.82) is 0 Å². The largest absolute Gasteiger partial charge is 0.497 e. The highest BCUT2D eigenvalue weighted by molar-refractivity contribution is 5.79. The van der Waals surface area contributed by atoms with Crippen LogP contribution in [0.15, 0.2) is 29.2 Å². The lowest BCUT2D eigenvalue weighted by atomic mass is 9.89. The predicted molar refractivity (Wildman–Crippen MR) is 85.7 cm³/mol. The molecule has 1 N–H and O–H groups in total. The summed E-state index contributed by atoms with van der Waals surface area (Å²) in [6.45, 7) is 0. The second kappa shape index (κ2) is 5.16. The summed E-state index contributed by atoms with van der Waals surface area (Å²) < 4.78 is 7.36. The van der Waals surface area contributed by atoms with Gasteiger partial charge in [0.25, 0.3) is 5.56 Å². The Morgan fingerprint density at radius 1 is 1.23 bits per heavy atom. The third-order valence-corrected chi connectivity index (χ3v) is 4.69. The number of hydrogen-bond donors (Lipinski definition) is 1. The van der Waals surface area contributed by atoms with Crippen LogP contribution in [-0.4, -0.2) is 21.5 Å². The summed E-state index contributed by atoms with van der Waals surface area (Å²) in [6, 6.07) is 5.72. The molecule has 22 heavy (non-hydrogen) atoms. The van der Waals surface area contributed by atoms with Crippen molar-refractivity contribution in [1.82, 2.24) is 14.4 Å². The molecular formula is C17H19N3O2. The molecule has 0 amide bonds. The molecule has 2 heterocycles. The summed E-state index contributed by atoms with van der Waals surface area (Å²) in [7, 11) is 1.65. The Morgan fingerprint density at radius 3 is 2.82 bits per heavy atom. The Morgan fingerprint density at radius 2 is 2.05 bits per heavy atom. The second-order valence-electron chi connectivity index (χ2n) is 6.01. The molecule has 0 spiro atoms. The summed E-state index contributed by atoms with van der Waals surface area (Å²) in [5.74, 6) is 2.23. The predicted octanol–water partition coefficient (Wildman–Crippen LogP) is 3.23. The number of hydrogen-bond acceptors (Lipinski definition) is 3. The molecule has 114 valence electrons. The van der Waals surface area contributed by atoms with Gasteiger partial charge >= 0.3 is 0 Å². The maximum atomic E-state index is 12.3. The van der Waals surface area contributed by atoms with Crippen LogP contribution in [0, 0.1) is 0 Å². The van der Waals surface area contributed by atoms with Gasteiger partial charge in [-0.25, -0.2) is 4.98 Å². The van der Waals surface area contributed by atoms with Crippen molar-refractivity contribution in [3.05, 3.63) is 40.6 Å². The zero-order chi connectivity index (χ0) is 15.1. The monoisotopic (exact) mass is 297 g/mol. The van der Waals surface area contributed by atoms with E-state index < -0.39 is 0 Å². The molecule has 0 aliphatic heterocycles. The van der Waals surface area contributed by atoms with Crippen molar-refractivity contribution in [2.75, 3.05) is 7.11 Å². The van der Waals surface area contributed by atoms with Gasteiger partial charge in [0.05, 0.1) is 24.3 Å². The highest BCUT2D eigenvalue weighted by atomic mass is 16.5. The summed E-state index contributed by atoms with van der Waals surface area (Å²) in [6.07, 6.45) is 7.78. The molecule has 0 radical (unpaired) electrons. The molecule has 0 saturated heterocycles. The smallest absolute Gasteiger partial charge is 0.274 e. The van der Waals surface area contributed by atoms with E-state index in [9.17, 15) is 4.79 Å². The molecule has 5 nitrogen and oxygen atoms in total. The average molecular weight is 297 g/mol. The molecule has 2 aromatic heterocycles. The maximum absolute atomic E-state index is 12.3. The molecule has 1 saturated carbocycles.